The van der Waals surface area contributed by atoms with Crippen molar-refractivity contribution in [3.8, 4) is 22.8 Å². The van der Waals surface area contributed by atoms with Gasteiger partial charge < -0.3 is 9.64 Å². The van der Waals surface area contributed by atoms with E-state index in [1.54, 1.807) is 19.0 Å². The molecule has 0 fully saturated rings. The molecule has 8 heteroatoms. The van der Waals surface area contributed by atoms with E-state index in [1.165, 1.54) is 11.8 Å². The number of ether oxygens (including phenoxy) is 1. The van der Waals surface area contributed by atoms with Gasteiger partial charge in [-0.15, -0.1) is 10.2 Å². The van der Waals surface area contributed by atoms with Crippen molar-refractivity contribution in [2.24, 2.45) is 0 Å². The van der Waals surface area contributed by atoms with Crippen LogP contribution in [0, 0.1) is 0 Å². The maximum atomic E-state index is 12.0. The van der Waals surface area contributed by atoms with E-state index in [4.69, 9.17) is 4.74 Å². The molecule has 0 saturated heterocycles. The van der Waals surface area contributed by atoms with E-state index in [0.29, 0.717) is 17.5 Å². The van der Waals surface area contributed by atoms with Crippen molar-refractivity contribution < 1.29 is 9.53 Å². The summed E-state index contributed by atoms with van der Waals surface area (Å²) in [5.74, 6) is 1.84. The molecule has 3 aromatic rings. The van der Waals surface area contributed by atoms with E-state index >= 15 is 0 Å². The highest BCUT2D eigenvalue weighted by molar-refractivity contribution is 9.10. The summed E-state index contributed by atoms with van der Waals surface area (Å²) in [5, 5.41) is 9.40. The second-order valence-corrected chi connectivity index (χ2v) is 8.01. The van der Waals surface area contributed by atoms with Crippen LogP contribution in [0.15, 0.2) is 58.2 Å². The van der Waals surface area contributed by atoms with Crippen molar-refractivity contribution in [3.05, 3.63) is 53.0 Å². The average Bonchev–Trinajstić information content (AvgIpc) is 3.11. The van der Waals surface area contributed by atoms with Gasteiger partial charge in [0, 0.05) is 29.8 Å². The molecule has 0 spiro atoms. The summed E-state index contributed by atoms with van der Waals surface area (Å²) < 4.78 is 8.50. The first-order valence-corrected chi connectivity index (χ1v) is 10.5. The first kappa shape index (κ1) is 20.4. The Morgan fingerprint density at radius 2 is 1.79 bits per heavy atom. The molecule has 28 heavy (non-hydrogen) atoms. The Balaban J connectivity index is 2.00. The van der Waals surface area contributed by atoms with Gasteiger partial charge in [-0.25, -0.2) is 0 Å². The molecule has 6 nitrogen and oxygen atoms in total. The lowest BCUT2D eigenvalue weighted by Crippen LogP contribution is -2.23. The van der Waals surface area contributed by atoms with Crippen molar-refractivity contribution in [1.82, 2.24) is 19.7 Å². The van der Waals surface area contributed by atoms with Crippen LogP contribution < -0.4 is 4.74 Å². The standard InChI is InChI=1S/C20H21BrN4O2S/c1-4-27-17-11-9-16(10-12-17)25-19(14-5-7-15(21)8-6-14)22-23-20(25)28-13-18(26)24(2)3/h5-12H,4,13H2,1-3H3. The lowest BCUT2D eigenvalue weighted by molar-refractivity contribution is -0.125. The van der Waals surface area contributed by atoms with Gasteiger partial charge in [0.25, 0.3) is 0 Å². The highest BCUT2D eigenvalue weighted by atomic mass is 79.9. The van der Waals surface area contributed by atoms with Gasteiger partial charge in [-0.3, -0.25) is 9.36 Å². The molecule has 1 amide bonds. The molecule has 0 atom stereocenters. The zero-order valence-corrected chi connectivity index (χ0v) is 18.3. The molecular formula is C20H21BrN4O2S. The minimum absolute atomic E-state index is 0.0245. The van der Waals surface area contributed by atoms with Crippen LogP contribution >= 0.6 is 27.7 Å². The molecule has 1 heterocycles. The minimum atomic E-state index is 0.0245. The molecule has 0 radical (unpaired) electrons. The predicted octanol–water partition coefficient (Wildman–Crippen LogP) is 4.28. The van der Waals surface area contributed by atoms with Crippen LogP contribution in [0.25, 0.3) is 17.1 Å². The predicted molar refractivity (Wildman–Crippen MR) is 115 cm³/mol. The summed E-state index contributed by atoms with van der Waals surface area (Å²) in [7, 11) is 3.49. The maximum Gasteiger partial charge on any atom is 0.232 e. The van der Waals surface area contributed by atoms with Gasteiger partial charge in [0.05, 0.1) is 12.4 Å². The van der Waals surface area contributed by atoms with Crippen molar-refractivity contribution in [2.45, 2.75) is 12.1 Å². The second-order valence-electron chi connectivity index (χ2n) is 6.15. The number of carbonyl (C=O) groups is 1. The lowest BCUT2D eigenvalue weighted by Gasteiger charge is -2.13. The van der Waals surface area contributed by atoms with E-state index in [1.807, 2.05) is 60.0 Å². The quantitative estimate of drug-likeness (QED) is 0.492. The topological polar surface area (TPSA) is 60.2 Å². The molecule has 0 unspecified atom stereocenters. The number of rotatable bonds is 7. The first-order chi connectivity index (χ1) is 13.5. The van der Waals surface area contributed by atoms with Crippen LogP contribution in [0.3, 0.4) is 0 Å². The zero-order chi connectivity index (χ0) is 20.1. The van der Waals surface area contributed by atoms with Crippen LogP contribution in [-0.2, 0) is 4.79 Å². The number of hydrogen-bond acceptors (Lipinski definition) is 5. The van der Waals surface area contributed by atoms with E-state index in [9.17, 15) is 4.79 Å². The Morgan fingerprint density at radius 1 is 1.11 bits per heavy atom. The Hall–Kier alpha value is -2.32. The third-order valence-electron chi connectivity index (χ3n) is 3.97. The van der Waals surface area contributed by atoms with Gasteiger partial charge >= 0.3 is 0 Å². The Kier molecular flexibility index (Phi) is 6.74. The third kappa shape index (κ3) is 4.74. The van der Waals surface area contributed by atoms with Gasteiger partial charge in [-0.2, -0.15) is 0 Å². The fraction of sp³-hybridized carbons (Fsp3) is 0.250. The number of amides is 1. The van der Waals surface area contributed by atoms with Gasteiger partial charge in [-0.1, -0.05) is 39.8 Å². The first-order valence-electron chi connectivity index (χ1n) is 8.77. The van der Waals surface area contributed by atoms with Crippen LogP contribution in [-0.4, -0.2) is 52.0 Å². The summed E-state index contributed by atoms with van der Waals surface area (Å²) >= 11 is 4.83. The molecule has 2 aromatic carbocycles. The lowest BCUT2D eigenvalue weighted by atomic mass is 10.2. The van der Waals surface area contributed by atoms with Crippen LogP contribution in [0.2, 0.25) is 0 Å². The molecule has 0 aliphatic heterocycles. The summed E-state index contributed by atoms with van der Waals surface area (Å²) in [6.45, 7) is 2.57. The number of thioether (sulfide) groups is 1. The SMILES string of the molecule is CCOc1ccc(-n2c(SCC(=O)N(C)C)nnc2-c2ccc(Br)cc2)cc1. The molecule has 0 bridgehead atoms. The molecule has 0 N–H and O–H groups in total. The Bertz CT molecular complexity index is 940. The third-order valence-corrected chi connectivity index (χ3v) is 5.41. The minimum Gasteiger partial charge on any atom is -0.494 e. The number of nitrogens with zero attached hydrogens (tertiary/aromatic N) is 4. The fourth-order valence-corrected chi connectivity index (χ4v) is 3.69. The molecule has 1 aromatic heterocycles. The number of carbonyl (C=O) groups excluding carboxylic acids is 1. The molecule has 3 rings (SSSR count). The summed E-state index contributed by atoms with van der Waals surface area (Å²) in [6.07, 6.45) is 0. The summed E-state index contributed by atoms with van der Waals surface area (Å²) in [5.41, 5.74) is 1.85. The number of benzene rings is 2. The largest absolute Gasteiger partial charge is 0.494 e. The highest BCUT2D eigenvalue weighted by Gasteiger charge is 2.18. The van der Waals surface area contributed by atoms with Gasteiger partial charge in [-0.05, 0) is 43.3 Å². The van der Waals surface area contributed by atoms with Gasteiger partial charge in [0.1, 0.15) is 5.75 Å². The van der Waals surface area contributed by atoms with E-state index in [0.717, 1.165) is 27.3 Å². The van der Waals surface area contributed by atoms with Crippen LogP contribution in [0.4, 0.5) is 0 Å². The van der Waals surface area contributed by atoms with Gasteiger partial charge in [0.2, 0.25) is 5.91 Å². The molecule has 0 aliphatic carbocycles. The number of halogens is 1. The van der Waals surface area contributed by atoms with Crippen molar-refractivity contribution in [3.63, 3.8) is 0 Å². The maximum absolute atomic E-state index is 12.0. The Morgan fingerprint density at radius 3 is 2.39 bits per heavy atom. The second kappa shape index (κ2) is 9.25. The van der Waals surface area contributed by atoms with Crippen molar-refractivity contribution >= 4 is 33.6 Å². The molecular weight excluding hydrogens is 440 g/mol. The zero-order valence-electron chi connectivity index (χ0n) is 15.9. The van der Waals surface area contributed by atoms with Crippen molar-refractivity contribution in [1.29, 1.82) is 0 Å². The summed E-state index contributed by atoms with van der Waals surface area (Å²) in [4.78, 5) is 13.6. The smallest absolute Gasteiger partial charge is 0.232 e. The Labute approximate surface area is 177 Å². The number of hydrogen-bond donors (Lipinski definition) is 0. The molecule has 146 valence electrons. The summed E-state index contributed by atoms with van der Waals surface area (Å²) in [6, 6.07) is 15.7. The van der Waals surface area contributed by atoms with E-state index in [-0.39, 0.29) is 5.91 Å². The number of aromatic nitrogens is 3. The molecule has 0 aliphatic rings. The normalized spacial score (nSPS) is 10.7. The van der Waals surface area contributed by atoms with Crippen LogP contribution in [0.1, 0.15) is 6.92 Å². The van der Waals surface area contributed by atoms with Crippen LogP contribution in [0.5, 0.6) is 5.75 Å². The van der Waals surface area contributed by atoms with Crippen molar-refractivity contribution in [2.75, 3.05) is 26.5 Å². The average molecular weight is 461 g/mol. The van der Waals surface area contributed by atoms with E-state index in [2.05, 4.69) is 26.1 Å². The monoisotopic (exact) mass is 460 g/mol. The van der Waals surface area contributed by atoms with Gasteiger partial charge in [0.15, 0.2) is 11.0 Å². The molecule has 0 saturated carbocycles. The van der Waals surface area contributed by atoms with E-state index < -0.39 is 0 Å². The fourth-order valence-electron chi connectivity index (χ4n) is 2.50. The highest BCUT2D eigenvalue weighted by Crippen LogP contribution is 2.29.